The molecular weight excluding hydrogens is 334 g/mol. The fraction of sp³-hybridized carbons (Fsp3) is 0.467. The van der Waals surface area contributed by atoms with Gasteiger partial charge in [-0.3, -0.25) is 0 Å². The number of ether oxygens (including phenoxy) is 2. The molecule has 0 aliphatic heterocycles. The second-order valence-electron chi connectivity index (χ2n) is 6.15. The van der Waals surface area contributed by atoms with Crippen molar-refractivity contribution in [3.8, 4) is 5.75 Å². The normalized spacial score (nSPS) is 12.1. The summed E-state index contributed by atoms with van der Waals surface area (Å²) in [4.78, 5) is 0. The van der Waals surface area contributed by atoms with Gasteiger partial charge in [0.15, 0.2) is 5.75 Å². The van der Waals surface area contributed by atoms with Crippen molar-refractivity contribution in [3.05, 3.63) is 28.9 Å². The molecule has 0 bridgehead atoms. The van der Waals surface area contributed by atoms with Crippen LogP contribution < -0.4 is 4.74 Å². The molecule has 0 fully saturated rings. The minimum atomic E-state index is -1.03. The SMILES string of the molecule is COc1c(Br)ccc2ccn(COCC[Si](C)(C)C)c12. The molecule has 0 saturated heterocycles. The Morgan fingerprint density at radius 1 is 1.20 bits per heavy atom. The number of aromatic nitrogens is 1. The van der Waals surface area contributed by atoms with E-state index in [-0.39, 0.29) is 0 Å². The van der Waals surface area contributed by atoms with Gasteiger partial charge in [0.05, 0.1) is 17.1 Å². The maximum Gasteiger partial charge on any atom is 0.157 e. The van der Waals surface area contributed by atoms with Gasteiger partial charge in [0.25, 0.3) is 0 Å². The Balaban J connectivity index is 2.13. The molecule has 1 aromatic carbocycles. The van der Waals surface area contributed by atoms with Crippen LogP contribution in [0.3, 0.4) is 0 Å². The minimum absolute atomic E-state index is 0.570. The average Bonchev–Trinajstić information content (AvgIpc) is 2.77. The third-order valence-corrected chi connectivity index (χ3v) is 5.60. The van der Waals surface area contributed by atoms with Crippen LogP contribution in [-0.4, -0.2) is 26.4 Å². The van der Waals surface area contributed by atoms with Gasteiger partial charge in [0.2, 0.25) is 0 Å². The molecule has 0 amide bonds. The summed E-state index contributed by atoms with van der Waals surface area (Å²) in [6.07, 6.45) is 2.05. The first kappa shape index (κ1) is 15.6. The number of methoxy groups -OCH3 is 1. The van der Waals surface area contributed by atoms with E-state index in [1.807, 2.05) is 12.3 Å². The van der Waals surface area contributed by atoms with E-state index in [9.17, 15) is 0 Å². The third kappa shape index (κ3) is 3.65. The summed E-state index contributed by atoms with van der Waals surface area (Å²) in [5, 5.41) is 1.17. The summed E-state index contributed by atoms with van der Waals surface area (Å²) < 4.78 is 14.4. The first-order valence-electron chi connectivity index (χ1n) is 6.81. The highest BCUT2D eigenvalue weighted by molar-refractivity contribution is 9.10. The number of rotatable bonds is 6. The van der Waals surface area contributed by atoms with Crippen molar-refractivity contribution in [3.63, 3.8) is 0 Å². The van der Waals surface area contributed by atoms with Gasteiger partial charge in [-0.15, -0.1) is 0 Å². The lowest BCUT2D eigenvalue weighted by molar-refractivity contribution is 0.0900. The van der Waals surface area contributed by atoms with Crippen molar-refractivity contribution in [2.24, 2.45) is 0 Å². The van der Waals surface area contributed by atoms with Crippen LogP contribution in [0.1, 0.15) is 0 Å². The number of hydrogen-bond donors (Lipinski definition) is 0. The van der Waals surface area contributed by atoms with Gasteiger partial charge in [0.1, 0.15) is 6.73 Å². The van der Waals surface area contributed by atoms with Crippen LogP contribution in [0.5, 0.6) is 5.75 Å². The zero-order valence-electron chi connectivity index (χ0n) is 12.6. The Hall–Kier alpha value is -0.783. The largest absolute Gasteiger partial charge is 0.493 e. The highest BCUT2D eigenvalue weighted by Gasteiger charge is 2.13. The second-order valence-corrected chi connectivity index (χ2v) is 12.6. The molecule has 0 aliphatic rings. The lowest BCUT2D eigenvalue weighted by Gasteiger charge is -2.16. The lowest BCUT2D eigenvalue weighted by Crippen LogP contribution is -2.22. The van der Waals surface area contributed by atoms with Crippen LogP contribution >= 0.6 is 15.9 Å². The predicted octanol–water partition coefficient (Wildman–Crippen LogP) is 4.72. The molecule has 0 radical (unpaired) electrons. The summed E-state index contributed by atoms with van der Waals surface area (Å²) >= 11 is 3.53. The molecular formula is C15H22BrNO2Si. The molecule has 5 heteroatoms. The van der Waals surface area contributed by atoms with Crippen molar-refractivity contribution in [2.45, 2.75) is 32.4 Å². The van der Waals surface area contributed by atoms with Crippen LogP contribution in [0.15, 0.2) is 28.9 Å². The van der Waals surface area contributed by atoms with E-state index in [2.05, 4.69) is 52.3 Å². The van der Waals surface area contributed by atoms with E-state index in [1.54, 1.807) is 7.11 Å². The molecule has 0 saturated carbocycles. The molecule has 0 unspecified atom stereocenters. The first-order valence-corrected chi connectivity index (χ1v) is 11.3. The van der Waals surface area contributed by atoms with Crippen LogP contribution in [0, 0.1) is 0 Å². The molecule has 0 atom stereocenters. The maximum absolute atomic E-state index is 5.83. The monoisotopic (exact) mass is 355 g/mol. The van der Waals surface area contributed by atoms with E-state index >= 15 is 0 Å². The fourth-order valence-corrected chi connectivity index (χ4v) is 3.32. The van der Waals surface area contributed by atoms with Gasteiger partial charge in [0, 0.05) is 26.3 Å². The van der Waals surface area contributed by atoms with Crippen LogP contribution in [0.25, 0.3) is 10.9 Å². The molecule has 0 aliphatic carbocycles. The highest BCUT2D eigenvalue weighted by atomic mass is 79.9. The zero-order valence-corrected chi connectivity index (χ0v) is 15.2. The Kier molecular flexibility index (Phi) is 4.94. The zero-order chi connectivity index (χ0) is 14.8. The summed E-state index contributed by atoms with van der Waals surface area (Å²) in [5.74, 6) is 0.862. The van der Waals surface area contributed by atoms with Crippen molar-refractivity contribution < 1.29 is 9.47 Å². The van der Waals surface area contributed by atoms with Gasteiger partial charge in [-0.05, 0) is 34.1 Å². The predicted molar refractivity (Wildman–Crippen MR) is 90.3 cm³/mol. The van der Waals surface area contributed by atoms with Crippen molar-refractivity contribution in [1.29, 1.82) is 0 Å². The maximum atomic E-state index is 5.83. The Morgan fingerprint density at radius 2 is 1.95 bits per heavy atom. The number of hydrogen-bond acceptors (Lipinski definition) is 2. The van der Waals surface area contributed by atoms with E-state index in [0.717, 1.165) is 22.3 Å². The average molecular weight is 356 g/mol. The quantitative estimate of drug-likeness (QED) is 0.552. The van der Waals surface area contributed by atoms with Crippen LogP contribution in [-0.2, 0) is 11.5 Å². The van der Waals surface area contributed by atoms with Crippen LogP contribution in [0.2, 0.25) is 25.7 Å². The topological polar surface area (TPSA) is 23.4 Å². The number of benzene rings is 1. The van der Waals surface area contributed by atoms with E-state index in [1.165, 1.54) is 11.4 Å². The molecule has 3 nitrogen and oxygen atoms in total. The summed E-state index contributed by atoms with van der Waals surface area (Å²) in [6, 6.07) is 7.37. The smallest absolute Gasteiger partial charge is 0.157 e. The Labute approximate surface area is 130 Å². The third-order valence-electron chi connectivity index (χ3n) is 3.27. The van der Waals surface area contributed by atoms with Gasteiger partial charge >= 0.3 is 0 Å². The minimum Gasteiger partial charge on any atom is -0.493 e. The summed E-state index contributed by atoms with van der Waals surface area (Å²) in [5.41, 5.74) is 1.08. The molecule has 2 aromatic rings. The van der Waals surface area contributed by atoms with Crippen LogP contribution in [0.4, 0.5) is 0 Å². The summed E-state index contributed by atoms with van der Waals surface area (Å²) in [6.45, 7) is 8.48. The highest BCUT2D eigenvalue weighted by Crippen LogP contribution is 2.34. The molecule has 0 N–H and O–H groups in total. The molecule has 1 heterocycles. The van der Waals surface area contributed by atoms with E-state index in [0.29, 0.717) is 6.73 Å². The fourth-order valence-electron chi connectivity index (χ4n) is 2.08. The van der Waals surface area contributed by atoms with Gasteiger partial charge in [-0.2, -0.15) is 0 Å². The lowest BCUT2D eigenvalue weighted by atomic mass is 10.2. The molecule has 2 rings (SSSR count). The number of halogens is 1. The van der Waals surface area contributed by atoms with E-state index < -0.39 is 8.07 Å². The Morgan fingerprint density at radius 3 is 2.60 bits per heavy atom. The van der Waals surface area contributed by atoms with Gasteiger partial charge in [-0.1, -0.05) is 25.7 Å². The number of fused-ring (bicyclic) bond motifs is 1. The van der Waals surface area contributed by atoms with Gasteiger partial charge in [-0.25, -0.2) is 0 Å². The standard InChI is InChI=1S/C15H22BrNO2Si/c1-18-15-13(16)6-5-12-7-8-17(14(12)15)11-19-9-10-20(2,3)4/h5-8H,9-11H2,1-4H3. The van der Waals surface area contributed by atoms with E-state index in [4.69, 9.17) is 9.47 Å². The molecule has 20 heavy (non-hydrogen) atoms. The van der Waals surface area contributed by atoms with Gasteiger partial charge < -0.3 is 14.0 Å². The second kappa shape index (κ2) is 6.33. The molecule has 1 aromatic heterocycles. The summed E-state index contributed by atoms with van der Waals surface area (Å²) in [7, 11) is 0.671. The molecule has 110 valence electrons. The number of nitrogens with zero attached hydrogens (tertiary/aromatic N) is 1. The first-order chi connectivity index (χ1) is 9.42. The molecule has 0 spiro atoms. The Bertz CT molecular complexity index is 589. The van der Waals surface area contributed by atoms with Crippen molar-refractivity contribution in [1.82, 2.24) is 4.57 Å². The van der Waals surface area contributed by atoms with Crippen molar-refractivity contribution >= 4 is 34.9 Å². The van der Waals surface area contributed by atoms with Crippen molar-refractivity contribution in [2.75, 3.05) is 13.7 Å².